The molecule has 1 aliphatic carbocycles. The lowest BCUT2D eigenvalue weighted by Gasteiger charge is -2.27. The number of carbonyl (C=O) groups excluding carboxylic acids is 2. The number of hydrogen-bond acceptors (Lipinski definition) is 3. The summed E-state index contributed by atoms with van der Waals surface area (Å²) in [6.07, 6.45) is 5.79. The molecule has 0 spiro atoms. The summed E-state index contributed by atoms with van der Waals surface area (Å²) in [6, 6.07) is 9.17. The van der Waals surface area contributed by atoms with Gasteiger partial charge in [-0.2, -0.15) is 0 Å². The number of nitrogens with zero attached hydrogens (tertiary/aromatic N) is 1. The third-order valence-corrected chi connectivity index (χ3v) is 5.43. The maximum absolute atomic E-state index is 12.6. The highest BCUT2D eigenvalue weighted by Gasteiger charge is 2.35. The van der Waals surface area contributed by atoms with E-state index in [0.717, 1.165) is 12.8 Å². The Bertz CT molecular complexity index is 529. The minimum atomic E-state index is -0.334. The molecule has 5 heteroatoms. The average Bonchev–Trinajstić information content (AvgIpc) is 3.05. The van der Waals surface area contributed by atoms with E-state index in [0.29, 0.717) is 23.2 Å². The first kappa shape index (κ1) is 15.4. The van der Waals surface area contributed by atoms with Crippen LogP contribution >= 0.6 is 11.8 Å². The zero-order valence-corrected chi connectivity index (χ0v) is 13.5. The Morgan fingerprint density at radius 3 is 2.55 bits per heavy atom. The fraction of sp³-hybridized carbons (Fsp3) is 0.529. The van der Waals surface area contributed by atoms with Crippen molar-refractivity contribution in [2.75, 3.05) is 11.6 Å². The van der Waals surface area contributed by atoms with Crippen molar-refractivity contribution in [1.82, 2.24) is 10.2 Å². The molecule has 1 saturated carbocycles. The number of benzene rings is 1. The second-order valence-electron chi connectivity index (χ2n) is 6.00. The number of thioether (sulfide) groups is 1. The number of rotatable bonds is 3. The molecule has 1 saturated heterocycles. The van der Waals surface area contributed by atoms with Crippen molar-refractivity contribution >= 4 is 23.6 Å². The van der Waals surface area contributed by atoms with Gasteiger partial charge in [0.05, 0.1) is 5.88 Å². The van der Waals surface area contributed by atoms with Gasteiger partial charge in [0, 0.05) is 17.4 Å². The maximum Gasteiger partial charge on any atom is 0.255 e. The first-order chi connectivity index (χ1) is 10.8. The Kier molecular flexibility index (Phi) is 5.03. The van der Waals surface area contributed by atoms with Gasteiger partial charge in [-0.3, -0.25) is 9.59 Å². The summed E-state index contributed by atoms with van der Waals surface area (Å²) in [7, 11) is 0. The van der Waals surface area contributed by atoms with Gasteiger partial charge in [0.25, 0.3) is 5.91 Å². The van der Waals surface area contributed by atoms with E-state index in [4.69, 9.17) is 0 Å². The number of nitrogens with one attached hydrogen (secondary N) is 1. The zero-order chi connectivity index (χ0) is 15.4. The minimum Gasteiger partial charge on any atom is -0.352 e. The molecule has 4 nitrogen and oxygen atoms in total. The van der Waals surface area contributed by atoms with Gasteiger partial charge in [0.15, 0.2) is 0 Å². The van der Waals surface area contributed by atoms with Gasteiger partial charge in [0.1, 0.15) is 6.04 Å². The van der Waals surface area contributed by atoms with Crippen molar-refractivity contribution in [2.24, 2.45) is 0 Å². The lowest BCUT2D eigenvalue weighted by Crippen LogP contribution is -2.50. The van der Waals surface area contributed by atoms with Crippen molar-refractivity contribution in [3.63, 3.8) is 0 Å². The second-order valence-corrected chi connectivity index (χ2v) is 7.00. The van der Waals surface area contributed by atoms with Crippen LogP contribution in [0.25, 0.3) is 0 Å². The van der Waals surface area contributed by atoms with Crippen LogP contribution in [-0.4, -0.2) is 40.4 Å². The monoisotopic (exact) mass is 318 g/mol. The van der Waals surface area contributed by atoms with Crippen LogP contribution in [0.5, 0.6) is 0 Å². The molecule has 3 rings (SSSR count). The fourth-order valence-corrected chi connectivity index (χ4v) is 4.30. The first-order valence-corrected chi connectivity index (χ1v) is 9.15. The van der Waals surface area contributed by atoms with Crippen molar-refractivity contribution < 1.29 is 9.59 Å². The molecular weight excluding hydrogens is 296 g/mol. The molecular formula is C17H22N2O2S. The van der Waals surface area contributed by atoms with Gasteiger partial charge in [0.2, 0.25) is 5.91 Å². The Morgan fingerprint density at radius 2 is 1.82 bits per heavy atom. The van der Waals surface area contributed by atoms with Crippen LogP contribution < -0.4 is 5.32 Å². The average molecular weight is 318 g/mol. The molecule has 2 amide bonds. The van der Waals surface area contributed by atoms with Gasteiger partial charge in [-0.15, -0.1) is 11.8 Å². The standard InChI is InChI=1S/C17H22N2O2S/c20-16(18-14-9-5-2-6-10-14)15-11-22-12-19(15)17(21)13-7-3-1-4-8-13/h1,3-4,7-8,14-15H,2,5-6,9-12H2,(H,18,20). The number of carbonyl (C=O) groups is 2. The molecule has 1 heterocycles. The predicted octanol–water partition coefficient (Wildman–Crippen LogP) is 2.65. The first-order valence-electron chi connectivity index (χ1n) is 8.00. The molecule has 0 bridgehead atoms. The smallest absolute Gasteiger partial charge is 0.255 e. The summed E-state index contributed by atoms with van der Waals surface area (Å²) in [5.74, 6) is 1.25. The van der Waals surface area contributed by atoms with E-state index >= 15 is 0 Å². The molecule has 1 N–H and O–H groups in total. The molecule has 2 fully saturated rings. The molecule has 1 atom stereocenters. The van der Waals surface area contributed by atoms with Gasteiger partial charge < -0.3 is 10.2 Å². The van der Waals surface area contributed by atoms with E-state index in [-0.39, 0.29) is 17.9 Å². The van der Waals surface area contributed by atoms with E-state index in [1.54, 1.807) is 28.8 Å². The van der Waals surface area contributed by atoms with Crippen LogP contribution in [0.1, 0.15) is 42.5 Å². The molecule has 0 aromatic heterocycles. The van der Waals surface area contributed by atoms with E-state index < -0.39 is 0 Å². The highest BCUT2D eigenvalue weighted by atomic mass is 32.2. The third kappa shape index (κ3) is 3.46. The van der Waals surface area contributed by atoms with Gasteiger partial charge in [-0.05, 0) is 25.0 Å². The molecule has 2 aliphatic rings. The number of amides is 2. The molecule has 1 unspecified atom stereocenters. The zero-order valence-electron chi connectivity index (χ0n) is 12.7. The Labute approximate surface area is 135 Å². The Hall–Kier alpha value is -1.49. The summed E-state index contributed by atoms with van der Waals surface area (Å²) in [4.78, 5) is 26.8. The van der Waals surface area contributed by atoms with Crippen LogP contribution in [0.15, 0.2) is 30.3 Å². The molecule has 1 aromatic rings. The van der Waals surface area contributed by atoms with Crippen LogP contribution in [0.3, 0.4) is 0 Å². The van der Waals surface area contributed by atoms with Crippen LogP contribution in [0.4, 0.5) is 0 Å². The summed E-state index contributed by atoms with van der Waals surface area (Å²) in [5.41, 5.74) is 0.653. The topological polar surface area (TPSA) is 49.4 Å². The SMILES string of the molecule is O=C(NC1CCCCC1)C1CSCN1C(=O)c1ccccc1. The lowest BCUT2D eigenvalue weighted by molar-refractivity contribution is -0.125. The Morgan fingerprint density at radius 1 is 1.09 bits per heavy atom. The van der Waals surface area contributed by atoms with Crippen molar-refractivity contribution in [2.45, 2.75) is 44.2 Å². The quantitative estimate of drug-likeness (QED) is 0.932. The van der Waals surface area contributed by atoms with Crippen LogP contribution in [-0.2, 0) is 4.79 Å². The van der Waals surface area contributed by atoms with E-state index in [1.165, 1.54) is 19.3 Å². The van der Waals surface area contributed by atoms with Gasteiger partial charge in [-0.25, -0.2) is 0 Å². The maximum atomic E-state index is 12.6. The van der Waals surface area contributed by atoms with Crippen LogP contribution in [0, 0.1) is 0 Å². The van der Waals surface area contributed by atoms with Gasteiger partial charge >= 0.3 is 0 Å². The van der Waals surface area contributed by atoms with Crippen molar-refractivity contribution in [3.05, 3.63) is 35.9 Å². The van der Waals surface area contributed by atoms with Crippen molar-refractivity contribution in [3.8, 4) is 0 Å². The number of hydrogen-bond donors (Lipinski definition) is 1. The van der Waals surface area contributed by atoms with E-state index in [1.807, 2.05) is 18.2 Å². The predicted molar refractivity (Wildman–Crippen MR) is 88.7 cm³/mol. The largest absolute Gasteiger partial charge is 0.352 e. The van der Waals surface area contributed by atoms with E-state index in [2.05, 4.69) is 5.32 Å². The highest BCUT2D eigenvalue weighted by Crippen LogP contribution is 2.24. The van der Waals surface area contributed by atoms with Crippen molar-refractivity contribution in [1.29, 1.82) is 0 Å². The summed E-state index contributed by atoms with van der Waals surface area (Å²) < 4.78 is 0. The second kappa shape index (κ2) is 7.18. The lowest BCUT2D eigenvalue weighted by atomic mass is 9.95. The normalized spacial score (nSPS) is 22.5. The fourth-order valence-electron chi connectivity index (χ4n) is 3.15. The summed E-state index contributed by atoms with van der Waals surface area (Å²) in [6.45, 7) is 0. The summed E-state index contributed by atoms with van der Waals surface area (Å²) in [5, 5.41) is 3.15. The summed E-state index contributed by atoms with van der Waals surface area (Å²) >= 11 is 1.65. The molecule has 118 valence electrons. The molecule has 0 radical (unpaired) electrons. The molecule has 1 aromatic carbocycles. The molecule has 1 aliphatic heterocycles. The third-order valence-electron chi connectivity index (χ3n) is 4.42. The van der Waals surface area contributed by atoms with Gasteiger partial charge in [-0.1, -0.05) is 37.5 Å². The van der Waals surface area contributed by atoms with Crippen LogP contribution in [0.2, 0.25) is 0 Å². The highest BCUT2D eigenvalue weighted by molar-refractivity contribution is 7.99. The van der Waals surface area contributed by atoms with E-state index in [9.17, 15) is 9.59 Å². The Balaban J connectivity index is 1.64. The minimum absolute atomic E-state index is 0.0150. The molecule has 22 heavy (non-hydrogen) atoms.